The minimum Gasteiger partial charge on any atom is -0.361 e. The van der Waals surface area contributed by atoms with Crippen LogP contribution in [0, 0.1) is 13.8 Å². The van der Waals surface area contributed by atoms with Crippen molar-refractivity contribution in [2.24, 2.45) is 0 Å². The van der Waals surface area contributed by atoms with Crippen LogP contribution in [-0.4, -0.2) is 25.8 Å². The Bertz CT molecular complexity index is 1300. The van der Waals surface area contributed by atoms with E-state index in [1.807, 2.05) is 58.2 Å². The molecule has 0 aliphatic heterocycles. The van der Waals surface area contributed by atoms with Crippen molar-refractivity contribution in [1.29, 1.82) is 0 Å². The Morgan fingerprint density at radius 2 is 1.97 bits per heavy atom. The normalized spacial score (nSPS) is 12.4. The maximum absolute atomic E-state index is 13.1. The van der Waals surface area contributed by atoms with Crippen LogP contribution in [0.1, 0.15) is 63.3 Å². The Kier molecular flexibility index (Phi) is 5.73. The molecule has 0 saturated carbocycles. The third-order valence-electron chi connectivity index (χ3n) is 5.20. The molecule has 8 heteroatoms. The van der Waals surface area contributed by atoms with Gasteiger partial charge < -0.3 is 15.3 Å². The zero-order valence-electron chi connectivity index (χ0n) is 17.9. The average Bonchev–Trinajstić information content (AvgIpc) is 3.29. The molecule has 31 heavy (non-hydrogen) atoms. The van der Waals surface area contributed by atoms with Crippen LogP contribution in [0.5, 0.6) is 0 Å². The molecule has 0 aliphatic rings. The van der Waals surface area contributed by atoms with E-state index in [9.17, 15) is 9.59 Å². The van der Waals surface area contributed by atoms with Crippen LogP contribution in [0.25, 0.3) is 10.9 Å². The summed E-state index contributed by atoms with van der Waals surface area (Å²) in [6.45, 7) is 7.65. The molecule has 3 N–H and O–H groups in total. The Morgan fingerprint density at radius 3 is 2.68 bits per heavy atom. The first-order chi connectivity index (χ1) is 14.8. The van der Waals surface area contributed by atoms with Crippen LogP contribution in [0.4, 0.5) is 0 Å². The molecule has 0 unspecified atom stereocenters. The van der Waals surface area contributed by atoms with Gasteiger partial charge in [-0.2, -0.15) is 0 Å². The second-order valence-corrected chi connectivity index (χ2v) is 9.15. The molecule has 160 valence electrons. The van der Waals surface area contributed by atoms with Crippen molar-refractivity contribution < 1.29 is 4.79 Å². The monoisotopic (exact) mass is 435 g/mol. The predicted octanol–water partition coefficient (Wildman–Crippen LogP) is 4.16. The quantitative estimate of drug-likeness (QED) is 0.423. The number of thiazole rings is 1. The van der Waals surface area contributed by atoms with E-state index in [2.05, 4.69) is 25.3 Å². The van der Waals surface area contributed by atoms with Gasteiger partial charge >= 0.3 is 0 Å². The van der Waals surface area contributed by atoms with Crippen molar-refractivity contribution in [2.75, 3.05) is 0 Å². The Balaban J connectivity index is 1.74. The first kappa shape index (κ1) is 21.0. The maximum atomic E-state index is 13.1. The van der Waals surface area contributed by atoms with Gasteiger partial charge in [-0.15, -0.1) is 11.3 Å². The number of rotatable bonds is 6. The summed E-state index contributed by atoms with van der Waals surface area (Å²) in [7, 11) is 0. The minimum absolute atomic E-state index is 0.0588. The van der Waals surface area contributed by atoms with E-state index in [-0.39, 0.29) is 17.4 Å². The number of hydrogen-bond donors (Lipinski definition) is 3. The fourth-order valence-corrected chi connectivity index (χ4v) is 4.49. The number of aromatic amines is 2. The summed E-state index contributed by atoms with van der Waals surface area (Å²) in [5, 5.41) is 5.03. The highest BCUT2D eigenvalue weighted by molar-refractivity contribution is 7.13. The van der Waals surface area contributed by atoms with E-state index in [4.69, 9.17) is 0 Å². The lowest BCUT2D eigenvalue weighted by molar-refractivity contribution is 0.0939. The SMILES string of the molecule is Cc1nc(C)c(C(=O)N[C@H](Cc2c[nH]c3ccccc23)c2cc(=O)[nH]c(C(C)C)n2)s1. The molecular weight excluding hydrogens is 410 g/mol. The van der Waals surface area contributed by atoms with E-state index in [0.29, 0.717) is 28.5 Å². The highest BCUT2D eigenvalue weighted by Gasteiger charge is 2.23. The van der Waals surface area contributed by atoms with E-state index >= 15 is 0 Å². The molecular formula is C23H25N5O2S. The van der Waals surface area contributed by atoms with Crippen LogP contribution >= 0.6 is 11.3 Å². The van der Waals surface area contributed by atoms with E-state index < -0.39 is 6.04 Å². The Hall–Kier alpha value is -3.26. The standard InChI is InChI=1S/C23H25N5O2S/c1-12(2)22-26-19(10-20(29)28-22)18(27-23(30)21-13(3)25-14(4)31-21)9-15-11-24-17-8-6-5-7-16(15)17/h5-8,10-12,18,24H,9H2,1-4H3,(H,27,30)(H,26,28,29)/t18-/m1/s1. The van der Waals surface area contributed by atoms with E-state index in [0.717, 1.165) is 21.5 Å². The molecule has 4 aromatic rings. The highest BCUT2D eigenvalue weighted by Crippen LogP contribution is 2.25. The molecule has 7 nitrogen and oxygen atoms in total. The second kappa shape index (κ2) is 8.47. The second-order valence-electron chi connectivity index (χ2n) is 7.95. The summed E-state index contributed by atoms with van der Waals surface area (Å²) in [6.07, 6.45) is 2.45. The third-order valence-corrected chi connectivity index (χ3v) is 6.27. The number of nitrogens with one attached hydrogen (secondary N) is 3. The van der Waals surface area contributed by atoms with Crippen molar-refractivity contribution in [2.45, 2.75) is 46.1 Å². The topological polar surface area (TPSA) is 104 Å². The molecule has 0 radical (unpaired) electrons. The molecule has 1 amide bonds. The zero-order valence-corrected chi connectivity index (χ0v) is 18.8. The summed E-state index contributed by atoms with van der Waals surface area (Å²) >= 11 is 1.36. The van der Waals surface area contributed by atoms with Gasteiger partial charge in [-0.25, -0.2) is 9.97 Å². The van der Waals surface area contributed by atoms with Crippen LogP contribution < -0.4 is 10.9 Å². The van der Waals surface area contributed by atoms with E-state index in [1.165, 1.54) is 17.4 Å². The number of aryl methyl sites for hydroxylation is 2. The largest absolute Gasteiger partial charge is 0.361 e. The molecule has 0 spiro atoms. The molecule has 1 atom stereocenters. The smallest absolute Gasteiger partial charge is 0.263 e. The first-order valence-electron chi connectivity index (χ1n) is 10.2. The molecule has 3 heterocycles. The number of H-pyrrole nitrogens is 2. The van der Waals surface area contributed by atoms with Gasteiger partial charge in [-0.1, -0.05) is 32.0 Å². The van der Waals surface area contributed by atoms with Gasteiger partial charge in [0.25, 0.3) is 11.5 Å². The van der Waals surface area contributed by atoms with Gasteiger partial charge in [0, 0.05) is 35.5 Å². The molecule has 1 aromatic carbocycles. The van der Waals surface area contributed by atoms with Gasteiger partial charge in [0.15, 0.2) is 0 Å². The van der Waals surface area contributed by atoms with Crippen molar-refractivity contribution in [3.8, 4) is 0 Å². The van der Waals surface area contributed by atoms with Gasteiger partial charge in [0.05, 0.1) is 22.4 Å². The van der Waals surface area contributed by atoms with Crippen molar-refractivity contribution >= 4 is 28.1 Å². The Morgan fingerprint density at radius 1 is 1.19 bits per heavy atom. The van der Waals surface area contributed by atoms with E-state index in [1.54, 1.807) is 0 Å². The number of amides is 1. The molecule has 3 aromatic heterocycles. The summed E-state index contributed by atoms with van der Waals surface area (Å²) in [5.74, 6) is 0.454. The predicted molar refractivity (Wildman–Crippen MR) is 123 cm³/mol. The summed E-state index contributed by atoms with van der Waals surface area (Å²) in [4.78, 5) is 41.1. The zero-order chi connectivity index (χ0) is 22.1. The summed E-state index contributed by atoms with van der Waals surface area (Å²) < 4.78 is 0. The molecule has 0 fully saturated rings. The van der Waals surface area contributed by atoms with Gasteiger partial charge in [-0.05, 0) is 25.5 Å². The maximum Gasteiger partial charge on any atom is 0.263 e. The summed E-state index contributed by atoms with van der Waals surface area (Å²) in [6, 6.07) is 9.02. The van der Waals surface area contributed by atoms with Crippen molar-refractivity contribution in [3.05, 3.63) is 79.5 Å². The van der Waals surface area contributed by atoms with Crippen molar-refractivity contribution in [1.82, 2.24) is 25.3 Å². The average molecular weight is 436 g/mol. The number of fused-ring (bicyclic) bond motifs is 1. The fourth-order valence-electron chi connectivity index (χ4n) is 3.66. The lowest BCUT2D eigenvalue weighted by Gasteiger charge is -2.19. The molecule has 0 aliphatic carbocycles. The highest BCUT2D eigenvalue weighted by atomic mass is 32.1. The number of nitrogens with zero attached hydrogens (tertiary/aromatic N) is 2. The van der Waals surface area contributed by atoms with Gasteiger partial charge in [-0.3, -0.25) is 9.59 Å². The number of aromatic nitrogens is 4. The van der Waals surface area contributed by atoms with Crippen LogP contribution in [-0.2, 0) is 6.42 Å². The van der Waals surface area contributed by atoms with Crippen LogP contribution in [0.3, 0.4) is 0 Å². The van der Waals surface area contributed by atoms with Crippen molar-refractivity contribution in [3.63, 3.8) is 0 Å². The minimum atomic E-state index is -0.465. The molecule has 4 rings (SSSR count). The number of benzene rings is 1. The van der Waals surface area contributed by atoms with Crippen LogP contribution in [0.2, 0.25) is 0 Å². The number of para-hydroxylation sites is 1. The lowest BCUT2D eigenvalue weighted by Crippen LogP contribution is -2.32. The Labute approximate surface area is 184 Å². The van der Waals surface area contributed by atoms with Gasteiger partial charge in [0.1, 0.15) is 10.7 Å². The number of carbonyl (C=O) groups excluding carboxylic acids is 1. The summed E-state index contributed by atoms with van der Waals surface area (Å²) in [5.41, 5.74) is 3.10. The lowest BCUT2D eigenvalue weighted by atomic mass is 10.0. The van der Waals surface area contributed by atoms with Crippen LogP contribution in [0.15, 0.2) is 41.3 Å². The fraction of sp³-hybridized carbons (Fsp3) is 0.304. The third kappa shape index (κ3) is 4.44. The molecule has 0 saturated heterocycles. The first-order valence-corrected chi connectivity index (χ1v) is 11.0. The van der Waals surface area contributed by atoms with Gasteiger partial charge in [0.2, 0.25) is 0 Å². The molecule has 0 bridgehead atoms. The number of hydrogen-bond acceptors (Lipinski definition) is 5. The number of carbonyl (C=O) groups is 1.